The number of ether oxygens (including phenoxy) is 1. The summed E-state index contributed by atoms with van der Waals surface area (Å²) in [5.41, 5.74) is 9.42. The minimum absolute atomic E-state index is 0.246. The van der Waals surface area contributed by atoms with Gasteiger partial charge in [-0.1, -0.05) is 6.07 Å². The number of carbonyl (C=O) groups excluding carboxylic acids is 2. The van der Waals surface area contributed by atoms with E-state index < -0.39 is 5.91 Å². The lowest BCUT2D eigenvalue weighted by Gasteiger charge is -2.11. The molecule has 0 saturated carbocycles. The number of carbonyl (C=O) groups is 2. The molecule has 1 heterocycles. The maximum atomic E-state index is 12.8. The van der Waals surface area contributed by atoms with Crippen molar-refractivity contribution >= 4 is 17.5 Å². The molecule has 1 aromatic heterocycles. The van der Waals surface area contributed by atoms with E-state index in [1.807, 2.05) is 48.7 Å². The van der Waals surface area contributed by atoms with Crippen LogP contribution in [0.15, 0.2) is 54.6 Å². The molecular weight excluding hydrogens is 342 g/mol. The van der Waals surface area contributed by atoms with Crippen LogP contribution in [0.5, 0.6) is 5.75 Å². The van der Waals surface area contributed by atoms with Crippen molar-refractivity contribution in [3.05, 3.63) is 77.1 Å². The first-order chi connectivity index (χ1) is 12.9. The molecule has 6 nitrogen and oxygen atoms in total. The highest BCUT2D eigenvalue weighted by Gasteiger charge is 2.17. The zero-order valence-corrected chi connectivity index (χ0v) is 15.4. The Hall–Kier alpha value is -3.54. The number of primary amides is 1. The molecule has 138 valence electrons. The molecule has 27 heavy (non-hydrogen) atoms. The molecule has 2 aromatic carbocycles. The fraction of sp³-hybridized carbons (Fsp3) is 0.143. The number of aromatic nitrogens is 1. The van der Waals surface area contributed by atoms with Gasteiger partial charge in [0.15, 0.2) is 0 Å². The zero-order valence-electron chi connectivity index (χ0n) is 15.4. The molecular formula is C21H21N3O3. The Bertz CT molecular complexity index is 1000. The van der Waals surface area contributed by atoms with Gasteiger partial charge in [0.2, 0.25) is 5.91 Å². The molecule has 3 aromatic rings. The first kappa shape index (κ1) is 18.3. The lowest BCUT2D eigenvalue weighted by molar-refractivity contribution is 0.0996. The smallest absolute Gasteiger partial charge is 0.257 e. The molecule has 0 fully saturated rings. The third-order valence-electron chi connectivity index (χ3n) is 4.41. The number of benzene rings is 2. The molecule has 0 bridgehead atoms. The van der Waals surface area contributed by atoms with Crippen molar-refractivity contribution < 1.29 is 14.3 Å². The fourth-order valence-electron chi connectivity index (χ4n) is 3.07. The van der Waals surface area contributed by atoms with Crippen molar-refractivity contribution in [1.82, 2.24) is 4.57 Å². The number of hydrogen-bond donors (Lipinski definition) is 2. The van der Waals surface area contributed by atoms with Gasteiger partial charge < -0.3 is 20.4 Å². The third-order valence-corrected chi connectivity index (χ3v) is 4.41. The fourth-order valence-corrected chi connectivity index (χ4v) is 3.07. The third kappa shape index (κ3) is 3.69. The molecule has 0 radical (unpaired) electrons. The van der Waals surface area contributed by atoms with E-state index in [0.717, 1.165) is 22.8 Å². The number of methoxy groups -OCH3 is 1. The minimum Gasteiger partial charge on any atom is -0.497 e. The summed E-state index contributed by atoms with van der Waals surface area (Å²) in [5.74, 6) is -0.0122. The van der Waals surface area contributed by atoms with E-state index in [1.54, 1.807) is 31.4 Å². The molecule has 6 heteroatoms. The van der Waals surface area contributed by atoms with Crippen molar-refractivity contribution in [1.29, 1.82) is 0 Å². The van der Waals surface area contributed by atoms with Crippen LogP contribution in [0.2, 0.25) is 0 Å². The number of nitrogens with one attached hydrogen (secondary N) is 1. The normalized spacial score (nSPS) is 10.5. The summed E-state index contributed by atoms with van der Waals surface area (Å²) in [6, 6.07) is 16.0. The molecule has 0 aliphatic heterocycles. The van der Waals surface area contributed by atoms with E-state index in [2.05, 4.69) is 5.32 Å². The van der Waals surface area contributed by atoms with Crippen molar-refractivity contribution in [3.63, 3.8) is 0 Å². The van der Waals surface area contributed by atoms with Crippen molar-refractivity contribution in [3.8, 4) is 11.4 Å². The Labute approximate surface area is 157 Å². The monoisotopic (exact) mass is 363 g/mol. The lowest BCUT2D eigenvalue weighted by atomic mass is 10.1. The Morgan fingerprint density at radius 2 is 1.74 bits per heavy atom. The minimum atomic E-state index is -0.538. The predicted octanol–water partition coefficient (Wildman–Crippen LogP) is 3.45. The first-order valence-corrected chi connectivity index (χ1v) is 8.45. The first-order valence-electron chi connectivity index (χ1n) is 8.45. The summed E-state index contributed by atoms with van der Waals surface area (Å²) >= 11 is 0. The molecule has 3 rings (SSSR count). The molecule has 0 atom stereocenters. The standard InChI is InChI=1S/C21H21N3O3/c1-13-11-19(14(2)24(13)17-7-9-18(27-3)10-8-17)21(26)23-16-6-4-5-15(12-16)20(22)25/h4-12H,1-3H3,(H2,22,25)(H,23,26). The summed E-state index contributed by atoms with van der Waals surface area (Å²) in [5, 5.41) is 2.82. The van der Waals surface area contributed by atoms with Gasteiger partial charge in [-0.05, 0) is 62.4 Å². The molecule has 0 spiro atoms. The van der Waals surface area contributed by atoms with Gasteiger partial charge in [0.05, 0.1) is 12.7 Å². The number of hydrogen-bond acceptors (Lipinski definition) is 3. The van der Waals surface area contributed by atoms with Crippen LogP contribution in [0.3, 0.4) is 0 Å². The number of nitrogens with zero attached hydrogens (tertiary/aromatic N) is 1. The summed E-state index contributed by atoms with van der Waals surface area (Å²) in [6.07, 6.45) is 0. The van der Waals surface area contributed by atoms with Gasteiger partial charge in [0.1, 0.15) is 5.75 Å². The molecule has 0 saturated heterocycles. The largest absolute Gasteiger partial charge is 0.497 e. The number of anilines is 1. The topological polar surface area (TPSA) is 86.3 Å². The van der Waals surface area contributed by atoms with Gasteiger partial charge >= 0.3 is 0 Å². The molecule has 0 unspecified atom stereocenters. The lowest BCUT2D eigenvalue weighted by Crippen LogP contribution is -2.15. The average molecular weight is 363 g/mol. The molecule has 3 N–H and O–H groups in total. The number of aryl methyl sites for hydroxylation is 1. The number of amides is 2. The van der Waals surface area contributed by atoms with E-state index in [0.29, 0.717) is 16.8 Å². The quantitative estimate of drug-likeness (QED) is 0.728. The maximum absolute atomic E-state index is 12.8. The highest BCUT2D eigenvalue weighted by molar-refractivity contribution is 6.06. The van der Waals surface area contributed by atoms with Crippen LogP contribution in [0, 0.1) is 13.8 Å². The van der Waals surface area contributed by atoms with Gasteiger partial charge in [-0.15, -0.1) is 0 Å². The summed E-state index contributed by atoms with van der Waals surface area (Å²) < 4.78 is 7.20. The maximum Gasteiger partial charge on any atom is 0.257 e. The SMILES string of the molecule is COc1ccc(-n2c(C)cc(C(=O)Nc3cccc(C(N)=O)c3)c2C)cc1. The second kappa shape index (κ2) is 7.37. The Morgan fingerprint density at radius 3 is 2.37 bits per heavy atom. The second-order valence-corrected chi connectivity index (χ2v) is 6.22. The van der Waals surface area contributed by atoms with E-state index in [9.17, 15) is 9.59 Å². The van der Waals surface area contributed by atoms with Crippen LogP contribution in [-0.2, 0) is 0 Å². The van der Waals surface area contributed by atoms with E-state index in [1.165, 1.54) is 0 Å². The van der Waals surface area contributed by atoms with Crippen LogP contribution in [0.1, 0.15) is 32.1 Å². The van der Waals surface area contributed by atoms with Gasteiger partial charge in [-0.25, -0.2) is 0 Å². The van der Waals surface area contributed by atoms with Gasteiger partial charge in [-0.2, -0.15) is 0 Å². The molecule has 0 aliphatic carbocycles. The number of rotatable bonds is 5. The van der Waals surface area contributed by atoms with Crippen LogP contribution in [0.4, 0.5) is 5.69 Å². The van der Waals surface area contributed by atoms with Crippen LogP contribution >= 0.6 is 0 Å². The van der Waals surface area contributed by atoms with Crippen LogP contribution < -0.4 is 15.8 Å². The Balaban J connectivity index is 1.90. The highest BCUT2D eigenvalue weighted by Crippen LogP contribution is 2.23. The Morgan fingerprint density at radius 1 is 1.04 bits per heavy atom. The van der Waals surface area contributed by atoms with Gasteiger partial charge in [-0.3, -0.25) is 9.59 Å². The van der Waals surface area contributed by atoms with E-state index in [-0.39, 0.29) is 5.91 Å². The van der Waals surface area contributed by atoms with Crippen molar-refractivity contribution in [2.24, 2.45) is 5.73 Å². The summed E-state index contributed by atoms with van der Waals surface area (Å²) in [6.45, 7) is 3.84. The van der Waals surface area contributed by atoms with Crippen molar-refractivity contribution in [2.45, 2.75) is 13.8 Å². The summed E-state index contributed by atoms with van der Waals surface area (Å²) in [4.78, 5) is 24.1. The average Bonchev–Trinajstić information content (AvgIpc) is 2.96. The van der Waals surface area contributed by atoms with Gasteiger partial charge in [0, 0.05) is 28.3 Å². The summed E-state index contributed by atoms with van der Waals surface area (Å²) in [7, 11) is 1.62. The van der Waals surface area contributed by atoms with E-state index in [4.69, 9.17) is 10.5 Å². The Kier molecular flexibility index (Phi) is 4.98. The van der Waals surface area contributed by atoms with Crippen molar-refractivity contribution in [2.75, 3.05) is 12.4 Å². The molecule has 0 aliphatic rings. The van der Waals surface area contributed by atoms with Gasteiger partial charge in [0.25, 0.3) is 5.91 Å². The van der Waals surface area contributed by atoms with Crippen LogP contribution in [0.25, 0.3) is 5.69 Å². The zero-order chi connectivity index (χ0) is 19.6. The molecule has 2 amide bonds. The highest BCUT2D eigenvalue weighted by atomic mass is 16.5. The number of nitrogens with two attached hydrogens (primary N) is 1. The predicted molar refractivity (Wildman–Crippen MR) is 105 cm³/mol. The van der Waals surface area contributed by atoms with E-state index >= 15 is 0 Å². The second-order valence-electron chi connectivity index (χ2n) is 6.22. The van der Waals surface area contributed by atoms with Crippen LogP contribution in [-0.4, -0.2) is 23.5 Å².